The molecule has 4 heterocycles. The minimum Gasteiger partial charge on any atom is -0.458 e. The van der Waals surface area contributed by atoms with Crippen LogP contribution in [0.1, 0.15) is 25.0 Å². The molecule has 5 nitrogen and oxygen atoms in total. The van der Waals surface area contributed by atoms with Crippen LogP contribution in [-0.4, -0.2) is 41.4 Å². The highest BCUT2D eigenvalue weighted by atomic mass is 16.5. The van der Waals surface area contributed by atoms with Gasteiger partial charge in [-0.1, -0.05) is 0 Å². The summed E-state index contributed by atoms with van der Waals surface area (Å²) in [6.45, 7) is 5.03. The lowest BCUT2D eigenvalue weighted by Crippen LogP contribution is -2.43. The first kappa shape index (κ1) is 13.1. The number of aromatic nitrogens is 2. The molecule has 0 amide bonds. The zero-order chi connectivity index (χ0) is 14.1. The Morgan fingerprint density at radius 3 is 3.10 bits per heavy atom. The molecule has 2 fully saturated rings. The molecule has 2 aliphatic heterocycles. The molecule has 112 valence electrons. The summed E-state index contributed by atoms with van der Waals surface area (Å²) in [6.07, 6.45) is 5.52. The summed E-state index contributed by atoms with van der Waals surface area (Å²) in [7, 11) is 0. The molecule has 1 N–H and O–H groups in total. The van der Waals surface area contributed by atoms with Crippen LogP contribution in [0.4, 0.5) is 0 Å². The predicted molar refractivity (Wildman–Crippen MR) is 78.7 cm³/mol. The highest BCUT2D eigenvalue weighted by Crippen LogP contribution is 2.38. The summed E-state index contributed by atoms with van der Waals surface area (Å²) in [4.78, 5) is 2.51. The van der Waals surface area contributed by atoms with Crippen LogP contribution in [0.15, 0.2) is 28.8 Å². The van der Waals surface area contributed by atoms with Crippen molar-refractivity contribution in [1.82, 2.24) is 15.1 Å². The van der Waals surface area contributed by atoms with Crippen LogP contribution in [0.25, 0.3) is 11.5 Å². The van der Waals surface area contributed by atoms with Crippen molar-refractivity contribution in [1.29, 1.82) is 0 Å². The zero-order valence-electron chi connectivity index (χ0n) is 12.2. The number of likely N-dealkylation sites (tertiary alicyclic amines) is 1. The smallest absolute Gasteiger partial charge is 0.152 e. The van der Waals surface area contributed by atoms with Crippen molar-refractivity contribution in [2.24, 2.45) is 5.41 Å². The molecule has 2 aliphatic rings. The lowest BCUT2D eigenvalue weighted by atomic mass is 9.79. The third kappa shape index (κ3) is 2.63. The second kappa shape index (κ2) is 5.31. The molecule has 1 atom stereocenters. The topological polar surface area (TPSA) is 54.3 Å². The second-order valence-corrected chi connectivity index (χ2v) is 6.35. The zero-order valence-corrected chi connectivity index (χ0v) is 12.2. The van der Waals surface area contributed by atoms with Gasteiger partial charge in [-0.3, -0.25) is 10.00 Å². The predicted octanol–water partition coefficient (Wildman–Crippen LogP) is 2.67. The normalized spacial score (nSPS) is 26.7. The van der Waals surface area contributed by atoms with E-state index in [0.717, 1.165) is 50.1 Å². The molecule has 0 aromatic carbocycles. The lowest BCUT2D eigenvalue weighted by molar-refractivity contribution is 0.0610. The lowest BCUT2D eigenvalue weighted by Gasteiger charge is -2.39. The first-order chi connectivity index (χ1) is 10.3. The van der Waals surface area contributed by atoms with Gasteiger partial charge in [-0.05, 0) is 44.0 Å². The maximum absolute atomic E-state index is 5.94. The van der Waals surface area contributed by atoms with Crippen LogP contribution in [0.5, 0.6) is 0 Å². The maximum Gasteiger partial charge on any atom is 0.152 e. The van der Waals surface area contributed by atoms with Gasteiger partial charge in [0.1, 0.15) is 11.5 Å². The average molecular weight is 287 g/mol. The number of nitrogens with one attached hydrogen (secondary N) is 1. The summed E-state index contributed by atoms with van der Waals surface area (Å²) in [6, 6.07) is 6.01. The molecule has 1 unspecified atom stereocenters. The Morgan fingerprint density at radius 2 is 2.29 bits per heavy atom. The molecule has 0 bridgehead atoms. The number of aromatic amines is 1. The van der Waals surface area contributed by atoms with Crippen LogP contribution in [-0.2, 0) is 11.3 Å². The highest BCUT2D eigenvalue weighted by molar-refractivity contribution is 5.51. The fourth-order valence-electron chi connectivity index (χ4n) is 3.64. The van der Waals surface area contributed by atoms with Crippen molar-refractivity contribution in [3.63, 3.8) is 0 Å². The minimum atomic E-state index is 0.400. The Labute approximate surface area is 124 Å². The third-order valence-corrected chi connectivity index (χ3v) is 4.73. The van der Waals surface area contributed by atoms with Gasteiger partial charge in [-0.2, -0.15) is 5.10 Å². The van der Waals surface area contributed by atoms with E-state index < -0.39 is 0 Å². The molecule has 1 spiro atoms. The number of H-pyrrole nitrogens is 1. The summed E-state index contributed by atoms with van der Waals surface area (Å²) in [5, 5.41) is 6.90. The van der Waals surface area contributed by atoms with Crippen LogP contribution in [0.2, 0.25) is 0 Å². The first-order valence-electron chi connectivity index (χ1n) is 7.72. The van der Waals surface area contributed by atoms with Gasteiger partial charge in [-0.15, -0.1) is 0 Å². The van der Waals surface area contributed by atoms with Crippen molar-refractivity contribution in [2.75, 3.05) is 26.3 Å². The monoisotopic (exact) mass is 287 g/mol. The average Bonchev–Trinajstić information content (AvgIpc) is 3.20. The van der Waals surface area contributed by atoms with Gasteiger partial charge >= 0.3 is 0 Å². The van der Waals surface area contributed by atoms with Gasteiger partial charge in [0.15, 0.2) is 5.76 Å². The Balaban J connectivity index is 1.44. The van der Waals surface area contributed by atoms with Gasteiger partial charge in [0.05, 0.1) is 13.2 Å². The van der Waals surface area contributed by atoms with E-state index in [1.807, 2.05) is 12.1 Å². The van der Waals surface area contributed by atoms with Crippen molar-refractivity contribution in [3.05, 3.63) is 30.2 Å². The summed E-state index contributed by atoms with van der Waals surface area (Å²) < 4.78 is 11.6. The van der Waals surface area contributed by atoms with E-state index in [4.69, 9.17) is 9.15 Å². The van der Waals surface area contributed by atoms with Gasteiger partial charge in [0.2, 0.25) is 0 Å². The molecular formula is C16H21N3O2. The fraction of sp³-hybridized carbons (Fsp3) is 0.562. The number of hydrogen-bond acceptors (Lipinski definition) is 4. The Kier molecular flexibility index (Phi) is 3.31. The molecular weight excluding hydrogens is 266 g/mol. The third-order valence-electron chi connectivity index (χ3n) is 4.73. The van der Waals surface area contributed by atoms with Crippen LogP contribution >= 0.6 is 0 Å². The van der Waals surface area contributed by atoms with Crippen molar-refractivity contribution < 1.29 is 9.15 Å². The standard InChI is InChI=1S/C16H21N3O2/c1-5-16(6-9-20-12-16)11-19(8-1)10-13-2-3-15(21-13)14-4-7-17-18-14/h2-4,7H,1,5-6,8-12H2,(H,17,18). The molecule has 2 aromatic rings. The van der Waals surface area contributed by atoms with Crippen molar-refractivity contribution in [3.8, 4) is 11.5 Å². The number of ether oxygens (including phenoxy) is 1. The number of rotatable bonds is 3. The highest BCUT2D eigenvalue weighted by Gasteiger charge is 2.38. The molecule has 5 heteroatoms. The molecule has 0 aliphatic carbocycles. The maximum atomic E-state index is 5.94. The summed E-state index contributed by atoms with van der Waals surface area (Å²) >= 11 is 0. The molecule has 2 aromatic heterocycles. The van der Waals surface area contributed by atoms with E-state index in [1.54, 1.807) is 6.20 Å². The molecule has 2 saturated heterocycles. The van der Waals surface area contributed by atoms with E-state index in [2.05, 4.69) is 21.2 Å². The summed E-state index contributed by atoms with van der Waals surface area (Å²) in [5.41, 5.74) is 1.33. The number of furan rings is 1. The van der Waals surface area contributed by atoms with Crippen LogP contribution in [0.3, 0.4) is 0 Å². The quantitative estimate of drug-likeness (QED) is 0.943. The van der Waals surface area contributed by atoms with Gasteiger partial charge in [0.25, 0.3) is 0 Å². The van der Waals surface area contributed by atoms with E-state index in [0.29, 0.717) is 5.41 Å². The number of piperidine rings is 1. The Morgan fingerprint density at radius 1 is 1.29 bits per heavy atom. The number of hydrogen-bond donors (Lipinski definition) is 1. The molecule has 0 radical (unpaired) electrons. The molecule has 4 rings (SSSR count). The van der Waals surface area contributed by atoms with Crippen molar-refractivity contribution >= 4 is 0 Å². The van der Waals surface area contributed by atoms with Gasteiger partial charge in [0, 0.05) is 24.8 Å². The largest absolute Gasteiger partial charge is 0.458 e. The van der Waals surface area contributed by atoms with E-state index in [9.17, 15) is 0 Å². The molecule has 0 saturated carbocycles. The van der Waals surface area contributed by atoms with Crippen LogP contribution in [0, 0.1) is 5.41 Å². The fourth-order valence-corrected chi connectivity index (χ4v) is 3.64. The van der Waals surface area contributed by atoms with E-state index in [-0.39, 0.29) is 0 Å². The van der Waals surface area contributed by atoms with Gasteiger partial charge < -0.3 is 9.15 Å². The van der Waals surface area contributed by atoms with Crippen LogP contribution < -0.4 is 0 Å². The summed E-state index contributed by atoms with van der Waals surface area (Å²) in [5.74, 6) is 1.88. The minimum absolute atomic E-state index is 0.400. The Bertz CT molecular complexity index is 584. The Hall–Kier alpha value is -1.59. The van der Waals surface area contributed by atoms with Gasteiger partial charge in [-0.25, -0.2) is 0 Å². The second-order valence-electron chi connectivity index (χ2n) is 6.35. The van der Waals surface area contributed by atoms with E-state index in [1.165, 1.54) is 19.3 Å². The molecule has 21 heavy (non-hydrogen) atoms. The first-order valence-corrected chi connectivity index (χ1v) is 7.72. The van der Waals surface area contributed by atoms with E-state index >= 15 is 0 Å². The number of nitrogens with zero attached hydrogens (tertiary/aromatic N) is 2. The SMILES string of the molecule is c1cc(-c2ccc(CN3CCCC4(CCOC4)C3)o2)[nH]n1. The van der Waals surface area contributed by atoms with Crippen molar-refractivity contribution in [2.45, 2.75) is 25.8 Å².